The molecule has 1 fully saturated rings. The lowest BCUT2D eigenvalue weighted by molar-refractivity contribution is -0.148. The molecule has 2 rings (SSSR count). The molecule has 0 spiro atoms. The molecule has 1 aliphatic heterocycles. The van der Waals surface area contributed by atoms with Gasteiger partial charge in [0.1, 0.15) is 11.3 Å². The lowest BCUT2D eigenvalue weighted by atomic mass is 10.0. The van der Waals surface area contributed by atoms with Gasteiger partial charge in [0, 0.05) is 13.0 Å². The van der Waals surface area contributed by atoms with Crippen molar-refractivity contribution in [3.63, 3.8) is 0 Å². The first-order valence-corrected chi connectivity index (χ1v) is 8.48. The highest BCUT2D eigenvalue weighted by molar-refractivity contribution is 7.89. The molecule has 0 aromatic heterocycles. The van der Waals surface area contributed by atoms with Crippen LogP contribution in [-0.4, -0.2) is 48.1 Å². The molecule has 1 aromatic carbocycles. The van der Waals surface area contributed by atoms with E-state index in [4.69, 9.17) is 5.14 Å². The van der Waals surface area contributed by atoms with Crippen LogP contribution in [0.3, 0.4) is 0 Å². The Labute approximate surface area is 128 Å². The van der Waals surface area contributed by atoms with Crippen molar-refractivity contribution in [1.29, 1.82) is 0 Å². The number of carboxylic acids is 1. The standard InChI is InChI=1S/C14H18N2O5S/c15-22(20,21)11-8-13(17)16(9-11)12(14(18)19)7-6-10-4-2-1-3-5-10/h1-5,11-12H,6-9H2,(H,18,19)(H2,15,20,21). The van der Waals surface area contributed by atoms with Gasteiger partial charge in [-0.15, -0.1) is 0 Å². The molecule has 1 aliphatic rings. The summed E-state index contributed by atoms with van der Waals surface area (Å²) in [4.78, 5) is 24.5. The number of hydrogen-bond donors (Lipinski definition) is 2. The molecular weight excluding hydrogens is 308 g/mol. The number of rotatable bonds is 6. The van der Waals surface area contributed by atoms with Crippen molar-refractivity contribution in [2.24, 2.45) is 5.14 Å². The molecule has 1 amide bonds. The summed E-state index contributed by atoms with van der Waals surface area (Å²) in [6.07, 6.45) is 0.456. The van der Waals surface area contributed by atoms with Crippen LogP contribution in [0.5, 0.6) is 0 Å². The molecule has 8 heteroatoms. The molecule has 1 saturated heterocycles. The van der Waals surface area contributed by atoms with Crippen LogP contribution in [-0.2, 0) is 26.0 Å². The largest absolute Gasteiger partial charge is 0.480 e. The lowest BCUT2D eigenvalue weighted by Gasteiger charge is -2.24. The zero-order chi connectivity index (χ0) is 16.3. The minimum Gasteiger partial charge on any atom is -0.480 e. The molecule has 0 radical (unpaired) electrons. The number of sulfonamides is 1. The van der Waals surface area contributed by atoms with Crippen molar-refractivity contribution in [2.45, 2.75) is 30.6 Å². The molecule has 2 atom stereocenters. The fraction of sp³-hybridized carbons (Fsp3) is 0.429. The number of nitrogens with two attached hydrogens (primary N) is 1. The molecule has 0 saturated carbocycles. The summed E-state index contributed by atoms with van der Waals surface area (Å²) in [6.45, 7) is -0.163. The zero-order valence-electron chi connectivity index (χ0n) is 11.9. The molecule has 3 N–H and O–H groups in total. The van der Waals surface area contributed by atoms with Gasteiger partial charge < -0.3 is 10.0 Å². The van der Waals surface area contributed by atoms with Crippen molar-refractivity contribution >= 4 is 21.9 Å². The first kappa shape index (κ1) is 16.4. The third-order valence-electron chi connectivity index (χ3n) is 3.80. The van der Waals surface area contributed by atoms with Gasteiger partial charge in [0.25, 0.3) is 0 Å². The SMILES string of the molecule is NS(=O)(=O)C1CC(=O)N(C(CCc2ccccc2)C(=O)O)C1. The summed E-state index contributed by atoms with van der Waals surface area (Å²) in [5, 5.41) is 13.4. The van der Waals surface area contributed by atoms with Gasteiger partial charge in [-0.1, -0.05) is 30.3 Å². The smallest absolute Gasteiger partial charge is 0.326 e. The molecule has 1 aromatic rings. The number of carbonyl (C=O) groups excluding carboxylic acids is 1. The second kappa shape index (κ2) is 6.45. The van der Waals surface area contributed by atoms with Crippen molar-refractivity contribution < 1.29 is 23.1 Å². The van der Waals surface area contributed by atoms with Crippen LogP contribution < -0.4 is 5.14 Å². The van der Waals surface area contributed by atoms with Crippen LogP contribution in [0.2, 0.25) is 0 Å². The van der Waals surface area contributed by atoms with Gasteiger partial charge in [-0.3, -0.25) is 4.79 Å². The highest BCUT2D eigenvalue weighted by Gasteiger charge is 2.41. The van der Waals surface area contributed by atoms with Crippen LogP contribution in [0.4, 0.5) is 0 Å². The van der Waals surface area contributed by atoms with Crippen LogP contribution in [0.15, 0.2) is 30.3 Å². The van der Waals surface area contributed by atoms with E-state index >= 15 is 0 Å². The predicted octanol–water partition coefficient (Wildman–Crippen LogP) is -0.0382. The number of amides is 1. The van der Waals surface area contributed by atoms with Gasteiger partial charge in [0.05, 0.1) is 0 Å². The molecule has 0 bridgehead atoms. The first-order valence-electron chi connectivity index (χ1n) is 6.87. The summed E-state index contributed by atoms with van der Waals surface area (Å²) >= 11 is 0. The van der Waals surface area contributed by atoms with E-state index in [0.29, 0.717) is 6.42 Å². The number of nitrogens with zero attached hydrogens (tertiary/aromatic N) is 1. The Bertz CT molecular complexity index is 659. The van der Waals surface area contributed by atoms with E-state index in [1.165, 1.54) is 0 Å². The summed E-state index contributed by atoms with van der Waals surface area (Å²) < 4.78 is 22.7. The number of carbonyl (C=O) groups is 2. The number of carboxylic acid groups (broad SMARTS) is 1. The number of hydrogen-bond acceptors (Lipinski definition) is 4. The van der Waals surface area contributed by atoms with E-state index in [1.54, 1.807) is 0 Å². The molecule has 2 unspecified atom stereocenters. The normalized spacial score (nSPS) is 20.1. The van der Waals surface area contributed by atoms with Gasteiger partial charge in [0.15, 0.2) is 0 Å². The molecule has 0 aliphatic carbocycles. The van der Waals surface area contributed by atoms with Crippen molar-refractivity contribution in [1.82, 2.24) is 4.90 Å². The third-order valence-corrected chi connectivity index (χ3v) is 5.04. The Morgan fingerprint density at radius 1 is 1.36 bits per heavy atom. The van der Waals surface area contributed by atoms with E-state index in [1.807, 2.05) is 30.3 Å². The Kier molecular flexibility index (Phi) is 4.82. The monoisotopic (exact) mass is 326 g/mol. The Morgan fingerprint density at radius 3 is 2.50 bits per heavy atom. The van der Waals surface area contributed by atoms with Crippen molar-refractivity contribution in [2.75, 3.05) is 6.54 Å². The third kappa shape index (κ3) is 3.83. The van der Waals surface area contributed by atoms with Crippen molar-refractivity contribution in [3.05, 3.63) is 35.9 Å². The fourth-order valence-electron chi connectivity index (χ4n) is 2.58. The minimum atomic E-state index is -3.85. The van der Waals surface area contributed by atoms with Crippen LogP contribution >= 0.6 is 0 Å². The average molecular weight is 326 g/mol. The molecule has 1 heterocycles. The van der Waals surface area contributed by atoms with Gasteiger partial charge in [-0.25, -0.2) is 18.4 Å². The van der Waals surface area contributed by atoms with Gasteiger partial charge in [-0.2, -0.15) is 0 Å². The molecular formula is C14H18N2O5S. The Balaban J connectivity index is 2.08. The zero-order valence-corrected chi connectivity index (χ0v) is 12.7. The van der Waals surface area contributed by atoms with Gasteiger partial charge >= 0.3 is 5.97 Å². The predicted molar refractivity (Wildman–Crippen MR) is 79.4 cm³/mol. The van der Waals surface area contributed by atoms with E-state index in [0.717, 1.165) is 10.5 Å². The number of benzene rings is 1. The molecule has 22 heavy (non-hydrogen) atoms. The number of aliphatic carboxylic acids is 1. The minimum absolute atomic E-state index is 0.163. The van der Waals surface area contributed by atoms with Crippen LogP contribution in [0.25, 0.3) is 0 Å². The molecule has 7 nitrogen and oxygen atoms in total. The summed E-state index contributed by atoms with van der Waals surface area (Å²) in [5.41, 5.74) is 0.961. The number of aryl methyl sites for hydroxylation is 1. The number of likely N-dealkylation sites (tertiary alicyclic amines) is 1. The Morgan fingerprint density at radius 2 is 2.00 bits per heavy atom. The highest BCUT2D eigenvalue weighted by atomic mass is 32.2. The first-order chi connectivity index (χ1) is 10.3. The highest BCUT2D eigenvalue weighted by Crippen LogP contribution is 2.21. The number of primary sulfonamides is 1. The van der Waals surface area contributed by atoms with E-state index in [9.17, 15) is 23.1 Å². The quantitative estimate of drug-likeness (QED) is 0.760. The topological polar surface area (TPSA) is 118 Å². The second-order valence-corrected chi connectivity index (χ2v) is 7.18. The van der Waals surface area contributed by atoms with E-state index < -0.39 is 33.2 Å². The maximum absolute atomic E-state index is 11.9. The van der Waals surface area contributed by atoms with Gasteiger partial charge in [0.2, 0.25) is 15.9 Å². The van der Waals surface area contributed by atoms with Crippen molar-refractivity contribution in [3.8, 4) is 0 Å². The van der Waals surface area contributed by atoms with Crippen LogP contribution in [0, 0.1) is 0 Å². The second-order valence-electron chi connectivity index (χ2n) is 5.34. The summed E-state index contributed by atoms with van der Waals surface area (Å²) in [7, 11) is -3.85. The average Bonchev–Trinajstić information content (AvgIpc) is 2.82. The summed E-state index contributed by atoms with van der Waals surface area (Å²) in [6, 6.07) is 8.26. The molecule has 120 valence electrons. The maximum Gasteiger partial charge on any atom is 0.326 e. The van der Waals surface area contributed by atoms with Crippen LogP contribution in [0.1, 0.15) is 18.4 Å². The van der Waals surface area contributed by atoms with Gasteiger partial charge in [-0.05, 0) is 18.4 Å². The maximum atomic E-state index is 11.9. The lowest BCUT2D eigenvalue weighted by Crippen LogP contribution is -2.43. The van der Waals surface area contributed by atoms with E-state index in [2.05, 4.69) is 0 Å². The summed E-state index contributed by atoms with van der Waals surface area (Å²) in [5.74, 6) is -1.63. The fourth-order valence-corrected chi connectivity index (χ4v) is 3.32. The van der Waals surface area contributed by atoms with E-state index in [-0.39, 0.29) is 19.4 Å². The Hall–Kier alpha value is -1.93.